The van der Waals surface area contributed by atoms with Crippen molar-refractivity contribution < 1.29 is 9.53 Å². The number of ketones is 1. The van der Waals surface area contributed by atoms with Crippen molar-refractivity contribution in [3.63, 3.8) is 0 Å². The fourth-order valence-electron chi connectivity index (χ4n) is 0.336. The average Bonchev–Trinajstić information content (AvgIpc) is 1.80. The minimum absolute atomic E-state index is 0.132. The van der Waals surface area contributed by atoms with E-state index in [-0.39, 0.29) is 13.0 Å². The van der Waals surface area contributed by atoms with Crippen LogP contribution in [-0.4, -0.2) is 23.3 Å². The van der Waals surface area contributed by atoms with Crippen molar-refractivity contribution in [2.24, 2.45) is 0 Å². The first kappa shape index (κ1) is 10.5. The standard InChI is InChI=1S/C5H7Cl3O2/c1-10-3-2-4(9)5(6,7)8/h2-3H2,1H3. The molecule has 0 aliphatic heterocycles. The Bertz CT molecular complexity index is 119. The fourth-order valence-corrected chi connectivity index (χ4v) is 0.620. The molecule has 0 bridgehead atoms. The number of carbonyl (C=O) groups is 1. The van der Waals surface area contributed by atoms with E-state index in [1.54, 1.807) is 0 Å². The van der Waals surface area contributed by atoms with E-state index in [9.17, 15) is 4.79 Å². The van der Waals surface area contributed by atoms with Crippen molar-refractivity contribution in [2.45, 2.75) is 10.2 Å². The summed E-state index contributed by atoms with van der Waals surface area (Å²) in [4.78, 5) is 10.7. The van der Waals surface area contributed by atoms with E-state index < -0.39 is 9.58 Å². The number of alkyl halides is 3. The highest BCUT2D eigenvalue weighted by Gasteiger charge is 2.29. The molecule has 0 rings (SSSR count). The Morgan fingerprint density at radius 2 is 2.00 bits per heavy atom. The predicted molar refractivity (Wildman–Crippen MR) is 41.8 cm³/mol. The minimum Gasteiger partial charge on any atom is -0.384 e. The largest absolute Gasteiger partial charge is 0.384 e. The molecule has 0 spiro atoms. The molecule has 0 saturated carbocycles. The summed E-state index contributed by atoms with van der Waals surface area (Å²) in [5.41, 5.74) is 0. The number of hydrogen-bond acceptors (Lipinski definition) is 2. The van der Waals surface area contributed by atoms with Gasteiger partial charge in [0.25, 0.3) is 0 Å². The Morgan fingerprint density at radius 1 is 1.50 bits per heavy atom. The van der Waals surface area contributed by atoms with Gasteiger partial charge in [-0.3, -0.25) is 4.79 Å². The van der Waals surface area contributed by atoms with Crippen LogP contribution in [-0.2, 0) is 9.53 Å². The molecule has 10 heavy (non-hydrogen) atoms. The molecule has 0 atom stereocenters. The van der Waals surface area contributed by atoms with E-state index in [0.29, 0.717) is 0 Å². The maximum absolute atomic E-state index is 10.7. The molecule has 5 heteroatoms. The Morgan fingerprint density at radius 3 is 2.30 bits per heavy atom. The van der Waals surface area contributed by atoms with Crippen LogP contribution in [0.25, 0.3) is 0 Å². The smallest absolute Gasteiger partial charge is 0.248 e. The third-order valence-corrected chi connectivity index (χ3v) is 1.48. The van der Waals surface area contributed by atoms with Crippen LogP contribution < -0.4 is 0 Å². The third-order valence-electron chi connectivity index (χ3n) is 0.849. The third kappa shape index (κ3) is 4.34. The van der Waals surface area contributed by atoms with E-state index in [4.69, 9.17) is 34.8 Å². The Hall–Kier alpha value is 0.500. The topological polar surface area (TPSA) is 26.3 Å². The van der Waals surface area contributed by atoms with Crippen LogP contribution in [0.3, 0.4) is 0 Å². The number of rotatable bonds is 3. The molecule has 0 saturated heterocycles. The molecule has 60 valence electrons. The van der Waals surface area contributed by atoms with Gasteiger partial charge >= 0.3 is 0 Å². The second kappa shape index (κ2) is 4.39. The molecule has 0 aromatic rings. The number of ether oxygens (including phenoxy) is 1. The van der Waals surface area contributed by atoms with Crippen LogP contribution >= 0.6 is 34.8 Å². The molecule has 0 aromatic heterocycles. The Balaban J connectivity index is 3.64. The average molecular weight is 205 g/mol. The first-order chi connectivity index (χ1) is 4.48. The SMILES string of the molecule is COCCC(=O)C(Cl)(Cl)Cl. The van der Waals surface area contributed by atoms with Crippen LogP contribution in [0, 0.1) is 0 Å². The van der Waals surface area contributed by atoms with Gasteiger partial charge in [0.2, 0.25) is 3.79 Å². The van der Waals surface area contributed by atoms with Gasteiger partial charge in [0, 0.05) is 13.5 Å². The van der Waals surface area contributed by atoms with Crippen LogP contribution in [0.15, 0.2) is 0 Å². The molecule has 2 nitrogen and oxygen atoms in total. The summed E-state index contributed by atoms with van der Waals surface area (Å²) in [6.45, 7) is 0.284. The lowest BCUT2D eigenvalue weighted by atomic mass is 10.3. The minimum atomic E-state index is -1.79. The van der Waals surface area contributed by atoms with Crippen molar-refractivity contribution >= 4 is 40.6 Å². The van der Waals surface area contributed by atoms with E-state index in [1.165, 1.54) is 7.11 Å². The summed E-state index contributed by atoms with van der Waals surface area (Å²) in [6, 6.07) is 0. The number of Topliss-reactive ketones (excluding diaryl/α,β-unsaturated/α-hetero) is 1. The van der Waals surface area contributed by atoms with Gasteiger partial charge in [-0.15, -0.1) is 0 Å². The zero-order valence-electron chi connectivity index (χ0n) is 5.36. The summed E-state index contributed by atoms with van der Waals surface area (Å²) in [5, 5.41) is 0. The van der Waals surface area contributed by atoms with Gasteiger partial charge in [-0.1, -0.05) is 34.8 Å². The van der Waals surface area contributed by atoms with Crippen molar-refractivity contribution in [2.75, 3.05) is 13.7 Å². The van der Waals surface area contributed by atoms with E-state index in [1.807, 2.05) is 0 Å². The highest BCUT2D eigenvalue weighted by Crippen LogP contribution is 2.28. The second-order valence-electron chi connectivity index (χ2n) is 1.66. The molecule has 0 radical (unpaired) electrons. The van der Waals surface area contributed by atoms with Crippen LogP contribution in [0.5, 0.6) is 0 Å². The maximum atomic E-state index is 10.7. The number of methoxy groups -OCH3 is 1. The Kier molecular flexibility index (Phi) is 4.61. The van der Waals surface area contributed by atoms with Gasteiger partial charge < -0.3 is 4.74 Å². The lowest BCUT2D eigenvalue weighted by molar-refractivity contribution is -0.119. The molecule has 0 heterocycles. The van der Waals surface area contributed by atoms with Crippen molar-refractivity contribution in [1.82, 2.24) is 0 Å². The summed E-state index contributed by atoms with van der Waals surface area (Å²) >= 11 is 15.7. The molecule has 0 amide bonds. The fraction of sp³-hybridized carbons (Fsp3) is 0.800. The van der Waals surface area contributed by atoms with Gasteiger partial charge in [0.1, 0.15) is 0 Å². The summed E-state index contributed by atoms with van der Waals surface area (Å²) < 4.78 is 2.82. The maximum Gasteiger partial charge on any atom is 0.248 e. The lowest BCUT2D eigenvalue weighted by Crippen LogP contribution is -2.19. The van der Waals surface area contributed by atoms with Crippen molar-refractivity contribution in [3.05, 3.63) is 0 Å². The zero-order valence-corrected chi connectivity index (χ0v) is 7.63. The van der Waals surface area contributed by atoms with Gasteiger partial charge in [-0.25, -0.2) is 0 Å². The zero-order chi connectivity index (χ0) is 8.20. The molecular formula is C5H7Cl3O2. The predicted octanol–water partition coefficient (Wildman–Crippen LogP) is 1.96. The molecule has 0 fully saturated rings. The summed E-state index contributed by atoms with van der Waals surface area (Å²) in [5.74, 6) is -0.445. The highest BCUT2D eigenvalue weighted by atomic mass is 35.6. The first-order valence-corrected chi connectivity index (χ1v) is 3.71. The molecule has 0 N–H and O–H groups in total. The number of hydrogen-bond donors (Lipinski definition) is 0. The van der Waals surface area contributed by atoms with E-state index in [2.05, 4.69) is 4.74 Å². The van der Waals surface area contributed by atoms with E-state index >= 15 is 0 Å². The van der Waals surface area contributed by atoms with Crippen LogP contribution in [0.4, 0.5) is 0 Å². The lowest BCUT2D eigenvalue weighted by Gasteiger charge is -2.07. The van der Waals surface area contributed by atoms with Crippen LogP contribution in [0.2, 0.25) is 0 Å². The van der Waals surface area contributed by atoms with Crippen molar-refractivity contribution in [3.8, 4) is 0 Å². The van der Waals surface area contributed by atoms with Crippen LogP contribution in [0.1, 0.15) is 6.42 Å². The number of halogens is 3. The normalized spacial score (nSPS) is 11.6. The highest BCUT2D eigenvalue weighted by molar-refractivity contribution is 6.76. The van der Waals surface area contributed by atoms with E-state index in [0.717, 1.165) is 0 Å². The summed E-state index contributed by atoms with van der Waals surface area (Å²) in [7, 11) is 1.48. The quantitative estimate of drug-likeness (QED) is 0.659. The van der Waals surface area contributed by atoms with Crippen molar-refractivity contribution in [1.29, 1.82) is 0 Å². The second-order valence-corrected chi connectivity index (χ2v) is 3.94. The summed E-state index contributed by atoms with van der Waals surface area (Å²) in [6.07, 6.45) is 0.132. The molecule has 0 unspecified atom stereocenters. The van der Waals surface area contributed by atoms with Gasteiger partial charge in [0.15, 0.2) is 5.78 Å². The molecule has 0 aliphatic rings. The van der Waals surface area contributed by atoms with Gasteiger partial charge in [0.05, 0.1) is 6.61 Å². The molecular weight excluding hydrogens is 198 g/mol. The Labute approximate surface area is 74.4 Å². The monoisotopic (exact) mass is 204 g/mol. The number of carbonyl (C=O) groups excluding carboxylic acids is 1. The molecule has 0 aliphatic carbocycles. The first-order valence-electron chi connectivity index (χ1n) is 2.57. The van der Waals surface area contributed by atoms with Gasteiger partial charge in [-0.2, -0.15) is 0 Å². The van der Waals surface area contributed by atoms with Gasteiger partial charge in [-0.05, 0) is 0 Å². The molecule has 0 aromatic carbocycles.